The van der Waals surface area contributed by atoms with Crippen molar-refractivity contribution in [2.24, 2.45) is 0 Å². The lowest BCUT2D eigenvalue weighted by Gasteiger charge is -1.97. The second kappa shape index (κ2) is 4.49. The molecule has 2 aromatic heterocycles. The molecule has 0 aliphatic rings. The molecule has 2 aromatic rings. The molecule has 84 valence electrons. The molecule has 0 saturated heterocycles. The van der Waals surface area contributed by atoms with Gasteiger partial charge < -0.3 is 4.42 Å². The minimum absolute atomic E-state index is 0.256. The Morgan fingerprint density at radius 3 is 2.94 bits per heavy atom. The molecule has 1 amide bonds. The van der Waals surface area contributed by atoms with Crippen LogP contribution in [0.2, 0.25) is 0 Å². The van der Waals surface area contributed by atoms with Gasteiger partial charge in [0.2, 0.25) is 0 Å². The van der Waals surface area contributed by atoms with Crippen LogP contribution in [0.4, 0.5) is 5.13 Å². The first-order valence-electron chi connectivity index (χ1n) is 5.01. The second-order valence-electron chi connectivity index (χ2n) is 3.37. The van der Waals surface area contributed by atoms with Crippen molar-refractivity contribution in [3.05, 3.63) is 34.7 Å². The Kier molecular flexibility index (Phi) is 3.05. The third-order valence-electron chi connectivity index (χ3n) is 2.07. The maximum atomic E-state index is 11.7. The van der Waals surface area contributed by atoms with Crippen molar-refractivity contribution in [1.29, 1.82) is 0 Å². The van der Waals surface area contributed by atoms with Crippen molar-refractivity contribution in [3.8, 4) is 0 Å². The number of nitrogens with zero attached hydrogens (tertiary/aromatic N) is 1. The summed E-state index contributed by atoms with van der Waals surface area (Å²) in [5.41, 5.74) is 0.897. The molecule has 0 radical (unpaired) electrons. The summed E-state index contributed by atoms with van der Waals surface area (Å²) in [5.74, 6) is 0.874. The van der Waals surface area contributed by atoms with Crippen LogP contribution in [0.25, 0.3) is 0 Å². The maximum Gasteiger partial charge on any atom is 0.293 e. The van der Waals surface area contributed by atoms with Gasteiger partial charge in [0.25, 0.3) is 5.91 Å². The van der Waals surface area contributed by atoms with Gasteiger partial charge in [0.15, 0.2) is 10.9 Å². The molecule has 0 spiro atoms. The first-order chi connectivity index (χ1) is 7.69. The number of furan rings is 1. The number of hydrogen-bond acceptors (Lipinski definition) is 4. The first kappa shape index (κ1) is 10.9. The van der Waals surface area contributed by atoms with E-state index in [0.29, 0.717) is 10.9 Å². The van der Waals surface area contributed by atoms with Gasteiger partial charge in [-0.2, -0.15) is 0 Å². The predicted octanol–water partition coefficient (Wildman–Crippen LogP) is 2.86. The average molecular weight is 236 g/mol. The van der Waals surface area contributed by atoms with E-state index < -0.39 is 0 Å². The van der Waals surface area contributed by atoms with Crippen LogP contribution in [0.3, 0.4) is 0 Å². The number of thiazole rings is 1. The molecule has 2 heterocycles. The van der Waals surface area contributed by atoms with Crippen LogP contribution >= 0.6 is 11.3 Å². The number of amides is 1. The van der Waals surface area contributed by atoms with E-state index in [1.165, 1.54) is 11.3 Å². The number of carbonyl (C=O) groups is 1. The minimum Gasteiger partial charge on any atom is -0.456 e. The van der Waals surface area contributed by atoms with E-state index in [2.05, 4.69) is 10.3 Å². The van der Waals surface area contributed by atoms with Gasteiger partial charge in [-0.15, -0.1) is 11.3 Å². The van der Waals surface area contributed by atoms with Crippen molar-refractivity contribution in [1.82, 2.24) is 4.98 Å². The summed E-state index contributed by atoms with van der Waals surface area (Å²) < 4.78 is 5.34. The molecule has 0 saturated carbocycles. The molecule has 0 fully saturated rings. The molecule has 0 aromatic carbocycles. The average Bonchev–Trinajstić information content (AvgIpc) is 2.87. The van der Waals surface area contributed by atoms with E-state index in [4.69, 9.17) is 4.42 Å². The molecular weight excluding hydrogens is 224 g/mol. The lowest BCUT2D eigenvalue weighted by atomic mass is 10.3. The molecule has 16 heavy (non-hydrogen) atoms. The van der Waals surface area contributed by atoms with Crippen molar-refractivity contribution < 1.29 is 9.21 Å². The topological polar surface area (TPSA) is 55.1 Å². The Morgan fingerprint density at radius 1 is 1.56 bits per heavy atom. The Bertz CT molecular complexity index is 502. The normalized spacial score (nSPS) is 10.4. The van der Waals surface area contributed by atoms with E-state index in [1.54, 1.807) is 6.07 Å². The lowest BCUT2D eigenvalue weighted by molar-refractivity contribution is 0.0995. The number of hydrogen-bond donors (Lipinski definition) is 1. The number of anilines is 1. The highest BCUT2D eigenvalue weighted by Crippen LogP contribution is 2.16. The Balaban J connectivity index is 2.08. The van der Waals surface area contributed by atoms with Gasteiger partial charge in [-0.05, 0) is 19.1 Å². The number of aromatic nitrogens is 1. The predicted molar refractivity (Wildman–Crippen MR) is 62.9 cm³/mol. The fourth-order valence-corrected chi connectivity index (χ4v) is 1.94. The Labute approximate surface area is 97.3 Å². The van der Waals surface area contributed by atoms with Crippen LogP contribution in [-0.4, -0.2) is 10.9 Å². The third-order valence-corrected chi connectivity index (χ3v) is 2.95. The number of nitrogens with one attached hydrogen (secondary N) is 1. The quantitative estimate of drug-likeness (QED) is 0.891. The van der Waals surface area contributed by atoms with Gasteiger partial charge in [0.05, 0.1) is 5.69 Å². The van der Waals surface area contributed by atoms with Gasteiger partial charge >= 0.3 is 0 Å². The van der Waals surface area contributed by atoms with Crippen LogP contribution in [0.1, 0.15) is 28.9 Å². The number of aryl methyl sites for hydroxylation is 2. The van der Waals surface area contributed by atoms with E-state index >= 15 is 0 Å². The van der Waals surface area contributed by atoms with Crippen molar-refractivity contribution in [2.75, 3.05) is 5.32 Å². The van der Waals surface area contributed by atoms with Crippen molar-refractivity contribution in [3.63, 3.8) is 0 Å². The van der Waals surface area contributed by atoms with Crippen LogP contribution in [0.15, 0.2) is 21.9 Å². The molecule has 5 heteroatoms. The van der Waals surface area contributed by atoms with Crippen molar-refractivity contribution >= 4 is 22.4 Å². The summed E-state index contributed by atoms with van der Waals surface area (Å²) in [6.07, 6.45) is 0.781. The van der Waals surface area contributed by atoms with Crippen LogP contribution < -0.4 is 5.32 Å². The zero-order valence-electron chi connectivity index (χ0n) is 9.11. The SMILES string of the molecule is CCc1ccc(C(=O)Nc2nc(C)cs2)o1. The Morgan fingerprint density at radius 2 is 2.38 bits per heavy atom. The second-order valence-corrected chi connectivity index (χ2v) is 4.23. The van der Waals surface area contributed by atoms with Crippen LogP contribution in [0.5, 0.6) is 0 Å². The van der Waals surface area contributed by atoms with E-state index in [9.17, 15) is 4.79 Å². The summed E-state index contributed by atoms with van der Waals surface area (Å²) in [6, 6.07) is 3.48. The van der Waals surface area contributed by atoms with Crippen LogP contribution in [-0.2, 0) is 6.42 Å². The standard InChI is InChI=1S/C11H12N2O2S/c1-3-8-4-5-9(15-8)10(14)13-11-12-7(2)6-16-11/h4-6H,3H2,1-2H3,(H,12,13,14). The number of carbonyl (C=O) groups excluding carboxylic acids is 1. The Hall–Kier alpha value is -1.62. The highest BCUT2D eigenvalue weighted by Gasteiger charge is 2.12. The third kappa shape index (κ3) is 2.30. The first-order valence-corrected chi connectivity index (χ1v) is 5.89. The monoisotopic (exact) mass is 236 g/mol. The summed E-state index contributed by atoms with van der Waals surface area (Å²) in [5, 5.41) is 5.17. The number of rotatable bonds is 3. The van der Waals surface area contributed by atoms with Crippen LogP contribution in [0, 0.1) is 6.92 Å². The molecule has 0 unspecified atom stereocenters. The molecule has 0 atom stereocenters. The fraction of sp³-hybridized carbons (Fsp3) is 0.273. The van der Waals surface area contributed by atoms with Crippen molar-refractivity contribution in [2.45, 2.75) is 20.3 Å². The zero-order chi connectivity index (χ0) is 11.5. The summed E-state index contributed by atoms with van der Waals surface area (Å²) in [4.78, 5) is 15.9. The van der Waals surface area contributed by atoms with Gasteiger partial charge in [0.1, 0.15) is 5.76 Å². The summed E-state index contributed by atoms with van der Waals surface area (Å²) in [6.45, 7) is 3.86. The minimum atomic E-state index is -0.256. The molecular formula is C11H12N2O2S. The summed E-state index contributed by atoms with van der Waals surface area (Å²) in [7, 11) is 0. The smallest absolute Gasteiger partial charge is 0.293 e. The highest BCUT2D eigenvalue weighted by atomic mass is 32.1. The van der Waals surface area contributed by atoms with Gasteiger partial charge in [-0.1, -0.05) is 6.92 Å². The zero-order valence-corrected chi connectivity index (χ0v) is 9.93. The molecule has 0 aliphatic heterocycles. The molecule has 0 bridgehead atoms. The van der Waals surface area contributed by atoms with E-state index in [-0.39, 0.29) is 5.91 Å². The molecule has 1 N–H and O–H groups in total. The summed E-state index contributed by atoms with van der Waals surface area (Å²) >= 11 is 1.40. The van der Waals surface area contributed by atoms with Gasteiger partial charge in [-0.3, -0.25) is 10.1 Å². The van der Waals surface area contributed by atoms with E-state index in [0.717, 1.165) is 17.9 Å². The highest BCUT2D eigenvalue weighted by molar-refractivity contribution is 7.13. The fourth-order valence-electron chi connectivity index (χ4n) is 1.26. The molecule has 4 nitrogen and oxygen atoms in total. The van der Waals surface area contributed by atoms with Gasteiger partial charge in [-0.25, -0.2) is 4.98 Å². The lowest BCUT2D eigenvalue weighted by Crippen LogP contribution is -2.10. The molecule has 2 rings (SSSR count). The molecule has 0 aliphatic carbocycles. The maximum absolute atomic E-state index is 11.7. The van der Waals surface area contributed by atoms with E-state index in [1.807, 2.05) is 25.3 Å². The largest absolute Gasteiger partial charge is 0.456 e. The van der Waals surface area contributed by atoms with Gasteiger partial charge in [0, 0.05) is 11.8 Å².